The highest BCUT2D eigenvalue weighted by Crippen LogP contribution is 2.24. The van der Waals surface area contributed by atoms with Gasteiger partial charge in [-0.15, -0.1) is 17.0 Å². The Bertz CT molecular complexity index is 909. The maximum absolute atomic E-state index is 12.0. The molecule has 1 fully saturated rings. The van der Waals surface area contributed by atoms with Gasteiger partial charge < -0.3 is 14.7 Å². The number of aromatic nitrogens is 2. The maximum atomic E-state index is 12.0. The number of likely N-dealkylation sites (tertiary alicyclic amines) is 1. The Morgan fingerprint density at radius 2 is 2.04 bits per heavy atom. The van der Waals surface area contributed by atoms with Gasteiger partial charge in [-0.25, -0.2) is 0 Å². The fraction of sp³-hybridized carbons (Fsp3) is 0.471. The first-order valence-corrected chi connectivity index (χ1v) is 9.11. The van der Waals surface area contributed by atoms with Gasteiger partial charge in [0.2, 0.25) is 0 Å². The van der Waals surface area contributed by atoms with E-state index in [-0.39, 0.29) is 28.9 Å². The molecular formula is C17H21Br2N3O4. The Morgan fingerprint density at radius 1 is 1.31 bits per heavy atom. The van der Waals surface area contributed by atoms with Crippen molar-refractivity contribution in [1.82, 2.24) is 14.9 Å². The molecule has 1 aromatic carbocycles. The highest BCUT2D eigenvalue weighted by atomic mass is 79.9. The molecule has 0 spiro atoms. The van der Waals surface area contributed by atoms with E-state index in [9.17, 15) is 14.4 Å². The van der Waals surface area contributed by atoms with Gasteiger partial charge in [-0.2, -0.15) is 0 Å². The van der Waals surface area contributed by atoms with Crippen molar-refractivity contribution in [2.75, 3.05) is 19.7 Å². The number of hydrogen-bond donors (Lipinski definition) is 2. The average Bonchev–Trinajstić information content (AvgIpc) is 2.57. The minimum atomic E-state index is -0.670. The largest absolute Gasteiger partial charge is 0.466 e. The van der Waals surface area contributed by atoms with Crippen molar-refractivity contribution in [2.24, 2.45) is 5.92 Å². The summed E-state index contributed by atoms with van der Waals surface area (Å²) in [6.07, 6.45) is 1.75. The lowest BCUT2D eigenvalue weighted by molar-refractivity contribution is -0.150. The number of rotatable bonds is 4. The molecule has 2 aromatic rings. The van der Waals surface area contributed by atoms with E-state index >= 15 is 0 Å². The van der Waals surface area contributed by atoms with Crippen LogP contribution in [-0.4, -0.2) is 40.5 Å². The Hall–Kier alpha value is -1.45. The maximum Gasteiger partial charge on any atom is 0.314 e. The second kappa shape index (κ2) is 8.96. The molecule has 1 aliphatic rings. The first kappa shape index (κ1) is 20.9. The summed E-state index contributed by atoms with van der Waals surface area (Å²) in [5.74, 6) is -0.269. The third-order valence-electron chi connectivity index (χ3n) is 4.40. The molecule has 2 heterocycles. The molecule has 0 saturated carbocycles. The number of ether oxygens (including phenoxy) is 1. The van der Waals surface area contributed by atoms with E-state index in [1.807, 2.05) is 13.0 Å². The zero-order valence-corrected chi connectivity index (χ0v) is 17.6. The van der Waals surface area contributed by atoms with Gasteiger partial charge in [0.25, 0.3) is 0 Å². The number of carbonyl (C=O) groups excluding carboxylic acids is 1. The van der Waals surface area contributed by atoms with Gasteiger partial charge in [0, 0.05) is 17.6 Å². The number of piperidine rings is 1. The topological polar surface area (TPSA) is 95.3 Å². The second-order valence-corrected chi connectivity index (χ2v) is 7.14. The molecule has 0 amide bonds. The Kier molecular flexibility index (Phi) is 7.19. The van der Waals surface area contributed by atoms with E-state index in [1.165, 1.54) is 0 Å². The van der Waals surface area contributed by atoms with Crippen LogP contribution in [0, 0.1) is 5.92 Å². The highest BCUT2D eigenvalue weighted by Gasteiger charge is 2.27. The molecule has 3 rings (SSSR count). The van der Waals surface area contributed by atoms with Gasteiger partial charge in [-0.1, -0.05) is 15.9 Å². The third kappa shape index (κ3) is 4.63. The zero-order valence-electron chi connectivity index (χ0n) is 14.3. The summed E-state index contributed by atoms with van der Waals surface area (Å²) in [5.41, 5.74) is 0.747. The Balaban J connectivity index is 0.00000243. The number of hydrogen-bond acceptors (Lipinski definition) is 5. The highest BCUT2D eigenvalue weighted by molar-refractivity contribution is 9.10. The SMILES string of the molecule is Br.CCOC(=O)C1CCCN(Cc2cc(Br)cc3[nH]c(=O)c(=O)[nH]c23)C1. The number of halogens is 2. The lowest BCUT2D eigenvalue weighted by Crippen LogP contribution is -2.39. The first-order valence-electron chi connectivity index (χ1n) is 8.31. The number of benzene rings is 1. The lowest BCUT2D eigenvalue weighted by Gasteiger charge is -2.31. The van der Waals surface area contributed by atoms with Crippen LogP contribution >= 0.6 is 32.9 Å². The zero-order chi connectivity index (χ0) is 18.0. The monoisotopic (exact) mass is 489 g/mol. The standard InChI is InChI=1S/C17H20BrN3O4.BrH/c1-2-25-17(24)10-4-3-5-21(8-10)9-11-6-12(18)7-13-14(11)20-16(23)15(22)19-13;/h6-7,10H,2-5,8-9H2,1H3,(H,19,22)(H,20,23);1H. The molecule has 2 N–H and O–H groups in total. The van der Waals surface area contributed by atoms with E-state index in [1.54, 1.807) is 6.07 Å². The average molecular weight is 491 g/mol. The number of carbonyl (C=O) groups is 1. The summed E-state index contributed by atoms with van der Waals surface area (Å²) in [4.78, 5) is 42.7. The molecule has 1 unspecified atom stereocenters. The number of nitrogens with zero attached hydrogens (tertiary/aromatic N) is 1. The molecule has 0 aliphatic carbocycles. The minimum absolute atomic E-state index is 0. The molecule has 9 heteroatoms. The summed E-state index contributed by atoms with van der Waals surface area (Å²) in [6.45, 7) is 4.27. The van der Waals surface area contributed by atoms with E-state index in [0.29, 0.717) is 30.7 Å². The third-order valence-corrected chi connectivity index (χ3v) is 4.85. The van der Waals surface area contributed by atoms with Crippen molar-refractivity contribution in [3.63, 3.8) is 0 Å². The van der Waals surface area contributed by atoms with Gasteiger partial charge in [0.15, 0.2) is 0 Å². The molecular weight excluding hydrogens is 470 g/mol. The minimum Gasteiger partial charge on any atom is -0.466 e. The summed E-state index contributed by atoms with van der Waals surface area (Å²) in [5, 5.41) is 0. The van der Waals surface area contributed by atoms with Gasteiger partial charge in [-0.3, -0.25) is 19.3 Å². The van der Waals surface area contributed by atoms with Crippen LogP contribution in [0.1, 0.15) is 25.3 Å². The van der Waals surface area contributed by atoms with Crippen molar-refractivity contribution >= 4 is 49.9 Å². The Labute approximate surface area is 169 Å². The fourth-order valence-electron chi connectivity index (χ4n) is 3.28. The Morgan fingerprint density at radius 3 is 2.77 bits per heavy atom. The van der Waals surface area contributed by atoms with Gasteiger partial charge >= 0.3 is 17.1 Å². The first-order chi connectivity index (χ1) is 12.0. The van der Waals surface area contributed by atoms with Crippen LogP contribution in [0.25, 0.3) is 11.0 Å². The van der Waals surface area contributed by atoms with Crippen LogP contribution in [0.5, 0.6) is 0 Å². The number of H-pyrrole nitrogens is 2. The molecule has 7 nitrogen and oxygen atoms in total. The number of fused-ring (bicyclic) bond motifs is 1. The summed E-state index contributed by atoms with van der Waals surface area (Å²) in [7, 11) is 0. The van der Waals surface area contributed by atoms with Crippen LogP contribution < -0.4 is 11.1 Å². The van der Waals surface area contributed by atoms with Gasteiger partial charge in [0.1, 0.15) is 0 Å². The van der Waals surface area contributed by atoms with E-state index in [0.717, 1.165) is 29.4 Å². The predicted octanol–water partition coefficient (Wildman–Crippen LogP) is 2.33. The molecule has 142 valence electrons. The molecule has 0 bridgehead atoms. The second-order valence-electron chi connectivity index (χ2n) is 6.22. The summed E-state index contributed by atoms with van der Waals surface area (Å²) < 4.78 is 5.95. The van der Waals surface area contributed by atoms with Gasteiger partial charge in [0.05, 0.1) is 23.6 Å². The smallest absolute Gasteiger partial charge is 0.314 e. The summed E-state index contributed by atoms with van der Waals surface area (Å²) >= 11 is 3.44. The van der Waals surface area contributed by atoms with Crippen LogP contribution in [0.3, 0.4) is 0 Å². The summed E-state index contributed by atoms with van der Waals surface area (Å²) in [6, 6.07) is 3.68. The number of aromatic amines is 2. The number of esters is 1. The van der Waals surface area contributed by atoms with E-state index in [4.69, 9.17) is 4.74 Å². The van der Waals surface area contributed by atoms with Crippen LogP contribution in [-0.2, 0) is 16.1 Å². The van der Waals surface area contributed by atoms with Crippen molar-refractivity contribution in [3.8, 4) is 0 Å². The van der Waals surface area contributed by atoms with E-state index < -0.39 is 11.1 Å². The van der Waals surface area contributed by atoms with Crippen molar-refractivity contribution < 1.29 is 9.53 Å². The molecule has 1 atom stereocenters. The molecule has 1 saturated heterocycles. The van der Waals surface area contributed by atoms with Gasteiger partial charge in [-0.05, 0) is 44.0 Å². The molecule has 1 aromatic heterocycles. The number of nitrogens with one attached hydrogen (secondary N) is 2. The molecule has 1 aliphatic heterocycles. The molecule has 0 radical (unpaired) electrons. The van der Waals surface area contributed by atoms with Crippen molar-refractivity contribution in [3.05, 3.63) is 42.9 Å². The normalized spacial score (nSPS) is 17.7. The van der Waals surface area contributed by atoms with Crippen LogP contribution in [0.2, 0.25) is 0 Å². The van der Waals surface area contributed by atoms with Crippen LogP contribution in [0.4, 0.5) is 0 Å². The quantitative estimate of drug-likeness (QED) is 0.506. The lowest BCUT2D eigenvalue weighted by atomic mass is 9.97. The van der Waals surface area contributed by atoms with E-state index in [2.05, 4.69) is 30.8 Å². The van der Waals surface area contributed by atoms with Crippen molar-refractivity contribution in [1.29, 1.82) is 0 Å². The van der Waals surface area contributed by atoms with Crippen molar-refractivity contribution in [2.45, 2.75) is 26.3 Å². The molecule has 26 heavy (non-hydrogen) atoms. The fourth-order valence-corrected chi connectivity index (χ4v) is 3.78. The van der Waals surface area contributed by atoms with Crippen LogP contribution in [0.15, 0.2) is 26.2 Å². The predicted molar refractivity (Wildman–Crippen MR) is 108 cm³/mol.